The molecule has 214 valence electrons. The molecule has 1 aromatic heterocycles. The van der Waals surface area contributed by atoms with E-state index in [0.29, 0.717) is 16.3 Å². The molecule has 40 heavy (non-hydrogen) atoms. The zero-order valence-electron chi connectivity index (χ0n) is 22.1. The molecule has 1 heterocycles. The molecular weight excluding hydrogens is 548 g/mol. The smallest absolute Gasteiger partial charge is 0.428 e. The van der Waals surface area contributed by atoms with Crippen molar-refractivity contribution in [3.8, 4) is 5.75 Å². The quantitative estimate of drug-likeness (QED) is 0.280. The van der Waals surface area contributed by atoms with Crippen molar-refractivity contribution in [1.82, 2.24) is 20.5 Å². The zero-order chi connectivity index (χ0) is 28.9. The number of rotatable bonds is 10. The van der Waals surface area contributed by atoms with Gasteiger partial charge in [-0.05, 0) is 68.8 Å². The fourth-order valence-electron chi connectivity index (χ4n) is 5.20. The van der Waals surface area contributed by atoms with Crippen molar-refractivity contribution in [3.63, 3.8) is 0 Å². The van der Waals surface area contributed by atoms with Crippen LogP contribution in [0.1, 0.15) is 36.1 Å². The number of amides is 2. The molecule has 1 aliphatic carbocycles. The Kier molecular flexibility index (Phi) is 9.20. The SMILES string of the molecule is CN(C)C1CCCC1NC(=O)NC(Cc1ccccc1)(c1cccc(OC(F)(F)C(F)F)c1)c1ccc(Cl)cn1. The van der Waals surface area contributed by atoms with Crippen LogP contribution < -0.4 is 15.4 Å². The average molecular weight is 579 g/mol. The first-order valence-electron chi connectivity index (χ1n) is 12.9. The van der Waals surface area contributed by atoms with E-state index < -0.39 is 29.9 Å². The largest absolute Gasteiger partial charge is 0.461 e. The topological polar surface area (TPSA) is 66.5 Å². The van der Waals surface area contributed by atoms with Crippen molar-refractivity contribution in [2.45, 2.75) is 55.8 Å². The Bertz CT molecular complexity index is 1280. The number of hydrogen-bond donors (Lipinski definition) is 2. The summed E-state index contributed by atoms with van der Waals surface area (Å²) in [6, 6.07) is 17.4. The lowest BCUT2D eigenvalue weighted by Gasteiger charge is -2.37. The van der Waals surface area contributed by atoms with Crippen molar-refractivity contribution >= 4 is 17.6 Å². The number of nitrogens with one attached hydrogen (secondary N) is 2. The molecule has 3 atom stereocenters. The first-order chi connectivity index (χ1) is 19.0. The average Bonchev–Trinajstić information content (AvgIpc) is 3.37. The molecule has 6 nitrogen and oxygen atoms in total. The van der Waals surface area contributed by atoms with Gasteiger partial charge >= 0.3 is 18.6 Å². The predicted molar refractivity (Wildman–Crippen MR) is 145 cm³/mol. The molecule has 3 aromatic rings. The van der Waals surface area contributed by atoms with E-state index in [1.807, 2.05) is 44.4 Å². The van der Waals surface area contributed by atoms with Gasteiger partial charge in [0.15, 0.2) is 0 Å². The first kappa shape index (κ1) is 29.6. The van der Waals surface area contributed by atoms with E-state index in [0.717, 1.165) is 30.9 Å². The van der Waals surface area contributed by atoms with Gasteiger partial charge in [0.2, 0.25) is 0 Å². The standard InChI is InChI=1S/C29H31ClF4N4O2/c1-38(2)24-13-7-12-23(24)36-27(39)37-28(17-19-8-4-3-5-9-19,25-15-14-21(30)18-35-25)20-10-6-11-22(16-20)40-29(33,34)26(31)32/h3-6,8-11,14-16,18,23-24,26H,7,12-13,17H2,1-2H3,(H2,36,37,39). The van der Waals surface area contributed by atoms with E-state index in [1.54, 1.807) is 18.2 Å². The molecule has 0 aliphatic heterocycles. The molecule has 0 radical (unpaired) electrons. The molecule has 1 saturated carbocycles. The number of nitrogens with zero attached hydrogens (tertiary/aromatic N) is 2. The van der Waals surface area contributed by atoms with Crippen LogP contribution in [-0.2, 0) is 12.0 Å². The summed E-state index contributed by atoms with van der Waals surface area (Å²) < 4.78 is 57.9. The van der Waals surface area contributed by atoms with Gasteiger partial charge in [-0.2, -0.15) is 17.6 Å². The number of halogens is 5. The Hall–Kier alpha value is -3.37. The second kappa shape index (κ2) is 12.4. The lowest BCUT2D eigenvalue weighted by atomic mass is 9.80. The minimum atomic E-state index is -4.70. The van der Waals surface area contributed by atoms with Crippen molar-refractivity contribution in [3.05, 3.63) is 94.8 Å². The Morgan fingerprint density at radius 1 is 1.10 bits per heavy atom. The zero-order valence-corrected chi connectivity index (χ0v) is 22.8. The van der Waals surface area contributed by atoms with E-state index >= 15 is 0 Å². The Balaban J connectivity index is 1.80. The molecular formula is C29H31ClF4N4O2. The van der Waals surface area contributed by atoms with Crippen LogP contribution in [0.25, 0.3) is 0 Å². The number of ether oxygens (including phenoxy) is 1. The summed E-state index contributed by atoms with van der Waals surface area (Å²) in [4.78, 5) is 20.2. The van der Waals surface area contributed by atoms with Gasteiger partial charge in [-0.15, -0.1) is 0 Å². The first-order valence-corrected chi connectivity index (χ1v) is 13.2. The summed E-state index contributed by atoms with van der Waals surface area (Å²) in [6.07, 6.45) is -4.46. The van der Waals surface area contributed by atoms with Crippen molar-refractivity contribution < 1.29 is 27.1 Å². The van der Waals surface area contributed by atoms with Crippen molar-refractivity contribution in [1.29, 1.82) is 0 Å². The van der Waals surface area contributed by atoms with Crippen molar-refractivity contribution in [2.75, 3.05) is 14.1 Å². The van der Waals surface area contributed by atoms with Crippen LogP contribution in [-0.4, -0.2) is 54.6 Å². The van der Waals surface area contributed by atoms with Crippen LogP contribution in [0.5, 0.6) is 5.75 Å². The van der Waals surface area contributed by atoms with Crippen molar-refractivity contribution in [2.24, 2.45) is 0 Å². The minimum Gasteiger partial charge on any atom is -0.428 e. The summed E-state index contributed by atoms with van der Waals surface area (Å²) in [6.45, 7) is 0. The molecule has 1 aliphatic rings. The van der Waals surface area contributed by atoms with Gasteiger partial charge in [-0.3, -0.25) is 4.98 Å². The third-order valence-electron chi connectivity index (χ3n) is 7.10. The normalized spacial score (nSPS) is 18.9. The Morgan fingerprint density at radius 2 is 1.85 bits per heavy atom. The highest BCUT2D eigenvalue weighted by Crippen LogP contribution is 2.36. The highest BCUT2D eigenvalue weighted by Gasteiger charge is 2.45. The summed E-state index contributed by atoms with van der Waals surface area (Å²) in [5, 5.41) is 6.50. The number of hydrogen-bond acceptors (Lipinski definition) is 4. The molecule has 2 amide bonds. The molecule has 2 N–H and O–H groups in total. The summed E-state index contributed by atoms with van der Waals surface area (Å²) in [5.41, 5.74) is 0.0568. The van der Waals surface area contributed by atoms with Crippen LogP contribution in [0.2, 0.25) is 5.02 Å². The number of carbonyl (C=O) groups excluding carboxylic acids is 1. The lowest BCUT2D eigenvalue weighted by molar-refractivity contribution is -0.253. The van der Waals surface area contributed by atoms with E-state index in [2.05, 4.69) is 25.3 Å². The molecule has 4 rings (SSSR count). The third kappa shape index (κ3) is 6.85. The van der Waals surface area contributed by atoms with E-state index in [9.17, 15) is 22.4 Å². The predicted octanol–water partition coefficient (Wildman–Crippen LogP) is 6.24. The molecule has 11 heteroatoms. The van der Waals surface area contributed by atoms with Crippen LogP contribution in [0.15, 0.2) is 72.9 Å². The number of urea groups is 1. The minimum absolute atomic E-state index is 0.109. The van der Waals surface area contributed by atoms with Crippen LogP contribution in [0.4, 0.5) is 22.4 Å². The highest BCUT2D eigenvalue weighted by molar-refractivity contribution is 6.30. The van der Waals surface area contributed by atoms with Gasteiger partial charge in [0, 0.05) is 24.7 Å². The molecule has 0 saturated heterocycles. The fourth-order valence-corrected chi connectivity index (χ4v) is 5.31. The van der Waals surface area contributed by atoms with Crippen LogP contribution >= 0.6 is 11.6 Å². The fraction of sp³-hybridized carbons (Fsp3) is 0.379. The van der Waals surface area contributed by atoms with Gasteiger partial charge in [0.05, 0.1) is 10.7 Å². The highest BCUT2D eigenvalue weighted by atomic mass is 35.5. The number of benzene rings is 2. The molecule has 3 unspecified atom stereocenters. The lowest BCUT2D eigenvalue weighted by Crippen LogP contribution is -2.56. The van der Waals surface area contributed by atoms with Gasteiger partial charge in [-0.1, -0.05) is 54.1 Å². The maximum Gasteiger partial charge on any atom is 0.461 e. The van der Waals surface area contributed by atoms with E-state index in [1.165, 1.54) is 18.3 Å². The molecule has 0 spiro atoms. The summed E-state index contributed by atoms with van der Waals surface area (Å²) in [7, 11) is 3.92. The number of alkyl halides is 4. The molecule has 0 bridgehead atoms. The van der Waals surface area contributed by atoms with Gasteiger partial charge in [0.25, 0.3) is 0 Å². The number of aromatic nitrogens is 1. The van der Waals surface area contributed by atoms with Gasteiger partial charge in [0.1, 0.15) is 11.3 Å². The van der Waals surface area contributed by atoms with Gasteiger partial charge < -0.3 is 20.3 Å². The molecule has 1 fully saturated rings. The van der Waals surface area contributed by atoms with E-state index in [4.69, 9.17) is 11.6 Å². The summed E-state index contributed by atoms with van der Waals surface area (Å²) >= 11 is 6.12. The summed E-state index contributed by atoms with van der Waals surface area (Å²) in [5.74, 6) is -0.486. The van der Waals surface area contributed by atoms with Crippen LogP contribution in [0.3, 0.4) is 0 Å². The Labute approximate surface area is 235 Å². The number of carbonyl (C=O) groups is 1. The van der Waals surface area contributed by atoms with Crippen LogP contribution in [0, 0.1) is 0 Å². The maximum absolute atomic E-state index is 13.8. The Morgan fingerprint density at radius 3 is 2.50 bits per heavy atom. The van der Waals surface area contributed by atoms with Gasteiger partial charge in [-0.25, -0.2) is 4.79 Å². The van der Waals surface area contributed by atoms with E-state index in [-0.39, 0.29) is 18.5 Å². The maximum atomic E-state index is 13.8. The third-order valence-corrected chi connectivity index (χ3v) is 7.32. The molecule has 2 aromatic carbocycles. The monoisotopic (exact) mass is 578 g/mol. The second-order valence-electron chi connectivity index (χ2n) is 10.1. The second-order valence-corrected chi connectivity index (χ2v) is 10.5. The number of pyridine rings is 1. The number of likely N-dealkylation sites (N-methyl/N-ethyl adjacent to an activating group) is 1.